The molecule has 1 aliphatic rings. The number of hydrogen-bond donors (Lipinski definition) is 1. The third-order valence-corrected chi connectivity index (χ3v) is 4.86. The van der Waals surface area contributed by atoms with Crippen LogP contribution in [0.3, 0.4) is 0 Å². The molecule has 0 bridgehead atoms. The number of fused-ring (bicyclic) bond motifs is 1. The lowest BCUT2D eigenvalue weighted by Crippen LogP contribution is -2.49. The maximum Gasteiger partial charge on any atom is 0.270 e. The number of amides is 2. The smallest absolute Gasteiger partial charge is 0.270 e. The number of aryl methyl sites for hydroxylation is 1. The van der Waals surface area contributed by atoms with Crippen LogP contribution in [0.15, 0.2) is 34.9 Å². The number of nitrogens with zero attached hydrogens (tertiary/aromatic N) is 3. The second-order valence-corrected chi connectivity index (χ2v) is 6.58. The van der Waals surface area contributed by atoms with Crippen molar-refractivity contribution in [3.05, 3.63) is 51.8 Å². The van der Waals surface area contributed by atoms with Crippen molar-refractivity contribution >= 4 is 33.4 Å². The van der Waals surface area contributed by atoms with Gasteiger partial charge in [0.2, 0.25) is 0 Å². The Bertz CT molecular complexity index is 939. The molecule has 0 saturated carbocycles. The van der Waals surface area contributed by atoms with Gasteiger partial charge in [0.25, 0.3) is 11.8 Å². The van der Waals surface area contributed by atoms with Crippen LogP contribution in [0.4, 0.5) is 5.69 Å². The fourth-order valence-corrected chi connectivity index (χ4v) is 2.86. The fourth-order valence-electron chi connectivity index (χ4n) is 2.54. The van der Waals surface area contributed by atoms with Gasteiger partial charge in [0, 0.05) is 13.1 Å². The normalized spacial score (nSPS) is 16.2. The molecule has 0 fully saturated rings. The fraction of sp³-hybridized carbons (Fsp3) is 0.222. The topological polar surface area (TPSA) is 95.3 Å². The van der Waals surface area contributed by atoms with Gasteiger partial charge in [-0.15, -0.1) is 0 Å². The molecule has 26 heavy (non-hydrogen) atoms. The minimum atomic E-state index is -0.868. The number of pyridine rings is 1. The van der Waals surface area contributed by atoms with E-state index < -0.39 is 11.9 Å². The Morgan fingerprint density at radius 3 is 2.88 bits per heavy atom. The van der Waals surface area contributed by atoms with E-state index in [0.717, 1.165) is 5.56 Å². The Morgan fingerprint density at radius 2 is 2.19 bits per heavy atom. The molecule has 0 spiro atoms. The van der Waals surface area contributed by atoms with Gasteiger partial charge < -0.3 is 15.0 Å². The largest absolute Gasteiger partial charge is 0.489 e. The van der Waals surface area contributed by atoms with Gasteiger partial charge >= 0.3 is 0 Å². The molecule has 2 heterocycles. The standard InChI is InChI=1S/C18H15BrN4O3/c1-10-3-5-12(21-16(10)19)17(24)22-13-9-26-15-7-11(8-20)4-6-14(15)23(2)18(13)25/h3-7,13H,9H2,1-2H3,(H,22,24)/t13-/m0/s1. The lowest BCUT2D eigenvalue weighted by Gasteiger charge is -2.20. The number of carbonyl (C=O) groups excluding carboxylic acids is 2. The SMILES string of the molecule is Cc1ccc(C(=O)N[C@H]2COc3cc(C#N)ccc3N(C)C2=O)nc1Br. The van der Waals surface area contributed by atoms with Gasteiger partial charge in [-0.25, -0.2) is 4.98 Å². The van der Waals surface area contributed by atoms with Gasteiger partial charge in [0.1, 0.15) is 28.7 Å². The number of anilines is 1. The first-order valence-electron chi connectivity index (χ1n) is 7.79. The Kier molecular flexibility index (Phi) is 4.91. The first kappa shape index (κ1) is 17.9. The molecule has 0 aliphatic carbocycles. The quantitative estimate of drug-likeness (QED) is 0.759. The summed E-state index contributed by atoms with van der Waals surface area (Å²) < 4.78 is 6.24. The maximum atomic E-state index is 12.7. The van der Waals surface area contributed by atoms with Gasteiger partial charge in [0.15, 0.2) is 0 Å². The van der Waals surface area contributed by atoms with E-state index >= 15 is 0 Å². The molecule has 1 aromatic carbocycles. The summed E-state index contributed by atoms with van der Waals surface area (Å²) >= 11 is 3.29. The second kappa shape index (κ2) is 7.14. The van der Waals surface area contributed by atoms with Crippen LogP contribution in [0.1, 0.15) is 21.6 Å². The summed E-state index contributed by atoms with van der Waals surface area (Å²) in [6.07, 6.45) is 0. The van der Waals surface area contributed by atoms with Crippen LogP contribution in [0, 0.1) is 18.3 Å². The Balaban J connectivity index is 1.82. The summed E-state index contributed by atoms with van der Waals surface area (Å²) in [7, 11) is 1.60. The van der Waals surface area contributed by atoms with E-state index in [4.69, 9.17) is 10.00 Å². The van der Waals surface area contributed by atoms with Crippen molar-refractivity contribution in [3.63, 3.8) is 0 Å². The Labute approximate surface area is 158 Å². The summed E-state index contributed by atoms with van der Waals surface area (Å²) in [5, 5.41) is 11.7. The van der Waals surface area contributed by atoms with Crippen LogP contribution in [0.2, 0.25) is 0 Å². The van der Waals surface area contributed by atoms with Crippen LogP contribution >= 0.6 is 15.9 Å². The summed E-state index contributed by atoms with van der Waals surface area (Å²) in [4.78, 5) is 30.7. The Morgan fingerprint density at radius 1 is 1.42 bits per heavy atom. The van der Waals surface area contributed by atoms with Gasteiger partial charge in [-0.2, -0.15) is 5.26 Å². The zero-order valence-electron chi connectivity index (χ0n) is 14.1. The molecule has 8 heteroatoms. The maximum absolute atomic E-state index is 12.7. The number of nitrogens with one attached hydrogen (secondary N) is 1. The average molecular weight is 415 g/mol. The molecule has 0 radical (unpaired) electrons. The lowest BCUT2D eigenvalue weighted by atomic mass is 10.2. The number of halogens is 1. The van der Waals surface area contributed by atoms with Crippen molar-refractivity contribution in [2.75, 3.05) is 18.6 Å². The number of nitriles is 1. The van der Waals surface area contributed by atoms with Gasteiger partial charge in [-0.05, 0) is 46.6 Å². The summed E-state index contributed by atoms with van der Waals surface area (Å²) in [6.45, 7) is 1.83. The van der Waals surface area contributed by atoms with E-state index in [1.165, 1.54) is 4.90 Å². The van der Waals surface area contributed by atoms with Crippen molar-refractivity contribution in [1.29, 1.82) is 5.26 Å². The monoisotopic (exact) mass is 414 g/mol. The molecule has 132 valence electrons. The molecule has 7 nitrogen and oxygen atoms in total. The number of carbonyl (C=O) groups is 2. The highest BCUT2D eigenvalue weighted by Gasteiger charge is 2.31. The van der Waals surface area contributed by atoms with Crippen LogP contribution in [-0.2, 0) is 4.79 Å². The third kappa shape index (κ3) is 3.39. The minimum absolute atomic E-state index is 0.0379. The lowest BCUT2D eigenvalue weighted by molar-refractivity contribution is -0.120. The van der Waals surface area contributed by atoms with Gasteiger partial charge in [-0.3, -0.25) is 9.59 Å². The highest BCUT2D eigenvalue weighted by atomic mass is 79.9. The van der Waals surface area contributed by atoms with Crippen molar-refractivity contribution < 1.29 is 14.3 Å². The first-order valence-corrected chi connectivity index (χ1v) is 8.58. The van der Waals surface area contributed by atoms with Crippen molar-refractivity contribution in [2.24, 2.45) is 0 Å². The molecular weight excluding hydrogens is 400 g/mol. The van der Waals surface area contributed by atoms with Gasteiger partial charge in [0.05, 0.1) is 17.3 Å². The number of aromatic nitrogens is 1. The van der Waals surface area contributed by atoms with Crippen LogP contribution in [-0.4, -0.2) is 36.5 Å². The minimum Gasteiger partial charge on any atom is -0.489 e. The molecule has 1 N–H and O–H groups in total. The Hall–Kier alpha value is -2.92. The van der Waals surface area contributed by atoms with E-state index in [1.807, 2.05) is 13.0 Å². The van der Waals surface area contributed by atoms with E-state index in [-0.39, 0.29) is 18.2 Å². The summed E-state index contributed by atoms with van der Waals surface area (Å²) in [6, 6.07) is 9.35. The number of likely N-dealkylation sites (N-methyl/N-ethyl adjacent to an activating group) is 1. The predicted octanol–water partition coefficient (Wildman–Crippen LogP) is 2.18. The van der Waals surface area contributed by atoms with Gasteiger partial charge in [-0.1, -0.05) is 6.07 Å². The van der Waals surface area contributed by atoms with Crippen molar-refractivity contribution in [3.8, 4) is 11.8 Å². The number of rotatable bonds is 2. The second-order valence-electron chi connectivity index (χ2n) is 5.83. The van der Waals surface area contributed by atoms with Crippen LogP contribution < -0.4 is 15.0 Å². The van der Waals surface area contributed by atoms with Crippen LogP contribution in [0.25, 0.3) is 0 Å². The molecule has 1 atom stereocenters. The molecule has 2 amide bonds. The third-order valence-electron chi connectivity index (χ3n) is 4.06. The zero-order valence-corrected chi connectivity index (χ0v) is 15.7. The molecule has 2 aromatic rings. The van der Waals surface area contributed by atoms with E-state index in [9.17, 15) is 9.59 Å². The zero-order chi connectivity index (χ0) is 18.8. The highest BCUT2D eigenvalue weighted by molar-refractivity contribution is 9.10. The number of benzene rings is 1. The van der Waals surface area contributed by atoms with Crippen molar-refractivity contribution in [1.82, 2.24) is 10.3 Å². The predicted molar refractivity (Wildman–Crippen MR) is 98.0 cm³/mol. The van der Waals surface area contributed by atoms with Crippen molar-refractivity contribution in [2.45, 2.75) is 13.0 Å². The molecular formula is C18H15BrN4O3. The molecule has 3 rings (SSSR count). The average Bonchev–Trinajstić information content (AvgIpc) is 2.75. The highest BCUT2D eigenvalue weighted by Crippen LogP contribution is 2.31. The van der Waals surface area contributed by atoms with E-state index in [0.29, 0.717) is 21.6 Å². The van der Waals surface area contributed by atoms with E-state index in [1.54, 1.807) is 37.4 Å². The molecule has 0 unspecified atom stereocenters. The van der Waals surface area contributed by atoms with Crippen LogP contribution in [0.5, 0.6) is 5.75 Å². The number of hydrogen-bond acceptors (Lipinski definition) is 5. The molecule has 1 aromatic heterocycles. The molecule has 0 saturated heterocycles. The summed E-state index contributed by atoms with van der Waals surface area (Å²) in [5.41, 5.74) is 2.08. The number of ether oxygens (including phenoxy) is 1. The van der Waals surface area contributed by atoms with E-state index in [2.05, 4.69) is 26.2 Å². The summed E-state index contributed by atoms with van der Waals surface area (Å²) in [5.74, 6) is -0.356. The molecule has 1 aliphatic heterocycles. The first-order chi connectivity index (χ1) is 12.4.